The van der Waals surface area contributed by atoms with E-state index in [0.29, 0.717) is 0 Å². The van der Waals surface area contributed by atoms with Crippen molar-refractivity contribution in [1.82, 2.24) is 0 Å². The molecule has 1 heteroatoms. The molecule has 0 aliphatic heterocycles. The molecule has 0 saturated carbocycles. The summed E-state index contributed by atoms with van der Waals surface area (Å²) in [4.78, 5) is 0. The van der Waals surface area contributed by atoms with E-state index < -0.39 is 0 Å². The van der Waals surface area contributed by atoms with Crippen LogP contribution >= 0.6 is 0 Å². The van der Waals surface area contributed by atoms with Crippen LogP contribution in [0.25, 0.3) is 0 Å². The van der Waals surface area contributed by atoms with Crippen molar-refractivity contribution < 1.29 is 0 Å². The van der Waals surface area contributed by atoms with E-state index in [1.165, 1.54) is 31.2 Å². The van der Waals surface area contributed by atoms with E-state index in [1.807, 2.05) is 12.1 Å². The predicted octanol–water partition coefficient (Wildman–Crippen LogP) is 2.85. The van der Waals surface area contributed by atoms with E-state index in [-0.39, 0.29) is 0 Å². The zero-order valence-electron chi connectivity index (χ0n) is 9.29. The topological polar surface area (TPSA) is 0 Å². The molecular formula is C13H19B. The SMILES string of the molecule is [B]c1ccc(CC(C)CCCC)cc1. The fraction of sp³-hybridized carbons (Fsp3) is 0.538. The molecule has 2 radical (unpaired) electrons. The fourth-order valence-electron chi connectivity index (χ4n) is 1.71. The Kier molecular flexibility index (Phi) is 4.79. The molecule has 0 fully saturated rings. The van der Waals surface area contributed by atoms with Crippen LogP contribution in [-0.4, -0.2) is 7.85 Å². The first-order chi connectivity index (χ1) is 6.72. The van der Waals surface area contributed by atoms with Gasteiger partial charge in [0.15, 0.2) is 0 Å². The molecule has 0 amide bonds. The minimum atomic E-state index is 0.790. The van der Waals surface area contributed by atoms with Crippen molar-refractivity contribution in [2.45, 2.75) is 39.5 Å². The summed E-state index contributed by atoms with van der Waals surface area (Å²) in [5, 5.41) is 0. The average molecular weight is 186 g/mol. The van der Waals surface area contributed by atoms with Crippen molar-refractivity contribution in [3.8, 4) is 0 Å². The number of benzene rings is 1. The largest absolute Gasteiger partial charge is 0.113 e. The smallest absolute Gasteiger partial charge is 0.0967 e. The Morgan fingerprint density at radius 3 is 2.43 bits per heavy atom. The first-order valence-electron chi connectivity index (χ1n) is 5.56. The fourth-order valence-corrected chi connectivity index (χ4v) is 1.71. The standard InChI is InChI=1S/C13H19B/c1-3-4-5-11(2)10-12-6-8-13(14)9-7-12/h6-9,11H,3-5,10H2,1-2H3. The lowest BCUT2D eigenvalue weighted by molar-refractivity contribution is 0.503. The molecule has 1 atom stereocenters. The third kappa shape index (κ3) is 4.00. The minimum Gasteiger partial charge on any atom is -0.0967 e. The first kappa shape index (κ1) is 11.4. The van der Waals surface area contributed by atoms with Gasteiger partial charge in [-0.05, 0) is 17.9 Å². The Hall–Kier alpha value is -0.715. The summed E-state index contributed by atoms with van der Waals surface area (Å²) in [6, 6.07) is 8.25. The summed E-state index contributed by atoms with van der Waals surface area (Å²) in [6.07, 6.45) is 5.16. The monoisotopic (exact) mass is 186 g/mol. The molecule has 0 heterocycles. The van der Waals surface area contributed by atoms with Crippen LogP contribution < -0.4 is 5.46 Å². The maximum absolute atomic E-state index is 5.64. The molecule has 74 valence electrons. The van der Waals surface area contributed by atoms with E-state index in [9.17, 15) is 0 Å². The van der Waals surface area contributed by atoms with Gasteiger partial charge in [0, 0.05) is 0 Å². The van der Waals surface area contributed by atoms with Crippen LogP contribution in [0.5, 0.6) is 0 Å². The summed E-state index contributed by atoms with van der Waals surface area (Å²) in [7, 11) is 5.64. The van der Waals surface area contributed by atoms with Gasteiger partial charge in [-0.15, -0.1) is 0 Å². The summed E-state index contributed by atoms with van der Waals surface area (Å²) in [5.41, 5.74) is 2.26. The minimum absolute atomic E-state index is 0.790. The Morgan fingerprint density at radius 2 is 1.86 bits per heavy atom. The Morgan fingerprint density at radius 1 is 1.21 bits per heavy atom. The lowest BCUT2D eigenvalue weighted by atomic mass is 9.91. The van der Waals surface area contributed by atoms with Gasteiger partial charge in [0.05, 0.1) is 0 Å². The zero-order chi connectivity index (χ0) is 10.4. The van der Waals surface area contributed by atoms with Gasteiger partial charge in [-0.1, -0.05) is 62.8 Å². The molecule has 0 spiro atoms. The molecular weight excluding hydrogens is 167 g/mol. The van der Waals surface area contributed by atoms with E-state index in [1.54, 1.807) is 0 Å². The predicted molar refractivity (Wildman–Crippen MR) is 64.2 cm³/mol. The van der Waals surface area contributed by atoms with Crippen molar-refractivity contribution in [3.05, 3.63) is 29.8 Å². The highest BCUT2D eigenvalue weighted by Crippen LogP contribution is 2.13. The summed E-state index contributed by atoms with van der Waals surface area (Å²) in [5.74, 6) is 0.790. The highest BCUT2D eigenvalue weighted by Gasteiger charge is 2.02. The second-order valence-corrected chi connectivity index (χ2v) is 4.19. The second kappa shape index (κ2) is 5.90. The maximum atomic E-state index is 5.64. The van der Waals surface area contributed by atoms with Crippen LogP contribution in [0.4, 0.5) is 0 Å². The molecule has 0 nitrogen and oxygen atoms in total. The Labute approximate surface area is 89.1 Å². The van der Waals surface area contributed by atoms with Crippen molar-refractivity contribution >= 4 is 13.3 Å². The summed E-state index contributed by atoms with van der Waals surface area (Å²) in [6.45, 7) is 4.57. The second-order valence-electron chi connectivity index (χ2n) is 4.19. The molecule has 0 saturated heterocycles. The molecule has 0 bridgehead atoms. The van der Waals surface area contributed by atoms with Gasteiger partial charge in [0.1, 0.15) is 7.85 Å². The quantitative estimate of drug-likeness (QED) is 0.620. The molecule has 1 unspecified atom stereocenters. The molecule has 1 aromatic carbocycles. The molecule has 14 heavy (non-hydrogen) atoms. The van der Waals surface area contributed by atoms with Crippen molar-refractivity contribution in [1.29, 1.82) is 0 Å². The van der Waals surface area contributed by atoms with Crippen LogP contribution in [0.2, 0.25) is 0 Å². The number of rotatable bonds is 5. The molecule has 1 aromatic rings. The van der Waals surface area contributed by atoms with E-state index in [2.05, 4.69) is 26.0 Å². The Bertz CT molecular complexity index is 250. The van der Waals surface area contributed by atoms with Gasteiger partial charge in [-0.3, -0.25) is 0 Å². The molecule has 1 rings (SSSR count). The molecule has 0 aliphatic carbocycles. The lowest BCUT2D eigenvalue weighted by Crippen LogP contribution is -2.04. The lowest BCUT2D eigenvalue weighted by Gasteiger charge is -2.10. The van der Waals surface area contributed by atoms with Crippen LogP contribution in [0.3, 0.4) is 0 Å². The van der Waals surface area contributed by atoms with Crippen LogP contribution in [0.15, 0.2) is 24.3 Å². The summed E-state index contributed by atoms with van der Waals surface area (Å²) < 4.78 is 0. The third-order valence-corrected chi connectivity index (χ3v) is 2.61. The average Bonchev–Trinajstić information content (AvgIpc) is 2.18. The van der Waals surface area contributed by atoms with E-state index >= 15 is 0 Å². The zero-order valence-corrected chi connectivity index (χ0v) is 9.29. The van der Waals surface area contributed by atoms with Crippen LogP contribution in [0, 0.1) is 5.92 Å². The van der Waals surface area contributed by atoms with Gasteiger partial charge in [0.25, 0.3) is 0 Å². The third-order valence-electron chi connectivity index (χ3n) is 2.61. The number of hydrogen-bond donors (Lipinski definition) is 0. The van der Waals surface area contributed by atoms with Gasteiger partial charge >= 0.3 is 0 Å². The van der Waals surface area contributed by atoms with Crippen LogP contribution in [-0.2, 0) is 6.42 Å². The van der Waals surface area contributed by atoms with Gasteiger partial charge in [-0.2, -0.15) is 0 Å². The van der Waals surface area contributed by atoms with Crippen LogP contribution in [0.1, 0.15) is 38.7 Å². The normalized spacial score (nSPS) is 12.7. The van der Waals surface area contributed by atoms with Gasteiger partial charge in [0.2, 0.25) is 0 Å². The van der Waals surface area contributed by atoms with Crippen molar-refractivity contribution in [3.63, 3.8) is 0 Å². The maximum Gasteiger partial charge on any atom is 0.113 e. The summed E-state index contributed by atoms with van der Waals surface area (Å²) >= 11 is 0. The Balaban J connectivity index is 2.39. The highest BCUT2D eigenvalue weighted by molar-refractivity contribution is 6.32. The van der Waals surface area contributed by atoms with Crippen molar-refractivity contribution in [2.24, 2.45) is 5.92 Å². The molecule has 0 aromatic heterocycles. The van der Waals surface area contributed by atoms with E-state index in [4.69, 9.17) is 7.85 Å². The first-order valence-corrected chi connectivity index (χ1v) is 5.56. The highest BCUT2D eigenvalue weighted by atomic mass is 14.1. The molecule has 0 aliphatic rings. The van der Waals surface area contributed by atoms with Crippen molar-refractivity contribution in [2.75, 3.05) is 0 Å². The van der Waals surface area contributed by atoms with E-state index in [0.717, 1.165) is 11.4 Å². The molecule has 0 N–H and O–H groups in total. The number of hydrogen-bond acceptors (Lipinski definition) is 0. The van der Waals surface area contributed by atoms with Gasteiger partial charge in [-0.25, -0.2) is 0 Å². The van der Waals surface area contributed by atoms with Gasteiger partial charge < -0.3 is 0 Å². The number of unbranched alkanes of at least 4 members (excludes halogenated alkanes) is 1.